The van der Waals surface area contributed by atoms with E-state index in [2.05, 4.69) is 84.4 Å². The highest BCUT2D eigenvalue weighted by molar-refractivity contribution is 7.01. The van der Waals surface area contributed by atoms with E-state index in [0.29, 0.717) is 41.2 Å². The van der Waals surface area contributed by atoms with Gasteiger partial charge in [-0.25, -0.2) is 4.98 Å². The molecule has 0 atom stereocenters. The summed E-state index contributed by atoms with van der Waals surface area (Å²) >= 11 is 0. The number of ether oxygens (including phenoxy) is 1. The largest absolute Gasteiger partial charge is 0.471 e. The molecular formula is C44H41N9O3Si. The molecule has 5 heterocycles. The third-order valence-corrected chi connectivity index (χ3v) is 16.0. The Morgan fingerprint density at radius 3 is 2.14 bits per heavy atom. The number of nitrogens with one attached hydrogen (secondary N) is 1. The fraction of sp³-hybridized carbons (Fsp3) is 0.273. The molecule has 5 aliphatic rings. The van der Waals surface area contributed by atoms with Crippen molar-refractivity contribution >= 4 is 65.1 Å². The van der Waals surface area contributed by atoms with Crippen molar-refractivity contribution in [2.75, 3.05) is 41.7 Å². The number of amides is 1. The number of carbonyl (C=O) groups is 2. The molecule has 10 rings (SSSR count). The second-order valence-corrected chi connectivity index (χ2v) is 20.4. The van der Waals surface area contributed by atoms with Crippen molar-refractivity contribution in [2.45, 2.75) is 50.9 Å². The van der Waals surface area contributed by atoms with Crippen LogP contribution in [0.25, 0.3) is 5.53 Å². The van der Waals surface area contributed by atoms with Crippen molar-refractivity contribution in [3.05, 3.63) is 129 Å². The first-order chi connectivity index (χ1) is 27.7. The van der Waals surface area contributed by atoms with E-state index in [-0.39, 0.29) is 30.0 Å². The number of aliphatic imine (C=N–C) groups is 1. The molecule has 2 saturated heterocycles. The summed E-state index contributed by atoms with van der Waals surface area (Å²) in [4.78, 5) is 49.7. The summed E-state index contributed by atoms with van der Waals surface area (Å²) < 4.78 is 5.96. The molecule has 2 fully saturated rings. The highest BCUT2D eigenvalue weighted by Crippen LogP contribution is 2.50. The monoisotopic (exact) mass is 771 g/mol. The van der Waals surface area contributed by atoms with Gasteiger partial charge in [0.05, 0.1) is 5.69 Å². The summed E-state index contributed by atoms with van der Waals surface area (Å²) in [5.41, 5.74) is 24.5. The second-order valence-electron chi connectivity index (χ2n) is 16.0. The number of anilines is 3. The van der Waals surface area contributed by atoms with Crippen LogP contribution < -0.4 is 36.0 Å². The number of nitrogens with two attached hydrogens (primary N) is 1. The average molecular weight is 772 g/mol. The number of nitrogens with zero attached hydrogens (tertiary/aromatic N) is 7. The van der Waals surface area contributed by atoms with E-state index in [4.69, 9.17) is 10.5 Å². The number of nitrogen functional groups attached to an aromatic ring is 1. The van der Waals surface area contributed by atoms with E-state index in [0.717, 1.165) is 67.0 Å². The molecule has 1 spiro atoms. The number of ketones is 1. The molecule has 1 amide bonds. The molecule has 284 valence electrons. The lowest BCUT2D eigenvalue weighted by molar-refractivity contribution is -0.0115. The van der Waals surface area contributed by atoms with Crippen LogP contribution in [0, 0.1) is 0 Å². The van der Waals surface area contributed by atoms with E-state index in [1.807, 2.05) is 30.3 Å². The van der Waals surface area contributed by atoms with Gasteiger partial charge in [-0.2, -0.15) is 9.77 Å². The number of fused-ring (bicyclic) bond motifs is 7. The fourth-order valence-corrected chi connectivity index (χ4v) is 12.3. The highest BCUT2D eigenvalue weighted by Gasteiger charge is 2.63. The predicted molar refractivity (Wildman–Crippen MR) is 223 cm³/mol. The maximum atomic E-state index is 14.3. The molecule has 57 heavy (non-hydrogen) atoms. The Kier molecular flexibility index (Phi) is 8.03. The molecule has 1 aromatic heterocycles. The molecule has 4 aromatic carbocycles. The lowest BCUT2D eigenvalue weighted by atomic mass is 9.68. The molecule has 3 N–H and O–H groups in total. The molecular weight excluding hydrogens is 731 g/mol. The van der Waals surface area contributed by atoms with Crippen LogP contribution in [-0.2, 0) is 25.0 Å². The molecule has 5 aromatic rings. The van der Waals surface area contributed by atoms with E-state index in [1.54, 1.807) is 18.3 Å². The average Bonchev–Trinajstić information content (AvgIpc) is 3.74. The SMILES string of the molecule is C[Si]1(C)c2cc(N3CCC3)ccc2C2(C(=[N+]=[N-])C(=O)c3ccc(C(=O)NCc4ccc(COc5nc(N)nc6c5N=CC6)cc4)cc32)c2ccc(N3CCC3)cc21. The number of Topliss-reactive ketones (excluding diaryl/α,β-unsaturated/α-hetero) is 1. The van der Waals surface area contributed by atoms with Crippen LogP contribution >= 0.6 is 0 Å². The van der Waals surface area contributed by atoms with Crippen LogP contribution in [0.4, 0.5) is 23.0 Å². The third-order valence-electron chi connectivity index (χ3n) is 12.5. The van der Waals surface area contributed by atoms with E-state index >= 15 is 0 Å². The quantitative estimate of drug-likeness (QED) is 0.132. The summed E-state index contributed by atoms with van der Waals surface area (Å²) in [5, 5.41) is 5.50. The van der Waals surface area contributed by atoms with Crippen molar-refractivity contribution < 1.29 is 19.1 Å². The van der Waals surface area contributed by atoms with Gasteiger partial charge >= 0.3 is 5.71 Å². The lowest BCUT2D eigenvalue weighted by Crippen LogP contribution is -2.65. The minimum atomic E-state index is -2.37. The molecule has 1 aliphatic carbocycles. The minimum absolute atomic E-state index is 0.0693. The molecule has 0 saturated carbocycles. The first kappa shape index (κ1) is 35.0. The smallest absolute Gasteiger partial charge is 0.358 e. The van der Waals surface area contributed by atoms with Gasteiger partial charge in [-0.3, -0.25) is 14.6 Å². The molecule has 0 unspecified atom stereocenters. The van der Waals surface area contributed by atoms with Crippen molar-refractivity contribution in [3.8, 4) is 5.88 Å². The number of benzene rings is 4. The van der Waals surface area contributed by atoms with E-state index in [1.165, 1.54) is 21.7 Å². The molecule has 0 radical (unpaired) electrons. The van der Waals surface area contributed by atoms with Crippen molar-refractivity contribution in [1.29, 1.82) is 0 Å². The number of aromatic nitrogens is 2. The van der Waals surface area contributed by atoms with Crippen LogP contribution in [0.1, 0.15) is 67.1 Å². The van der Waals surface area contributed by atoms with Crippen LogP contribution in [-0.4, -0.2) is 72.6 Å². The first-order valence-electron chi connectivity index (χ1n) is 19.6. The number of hydrogen-bond donors (Lipinski definition) is 2. The zero-order valence-corrected chi connectivity index (χ0v) is 32.9. The first-order valence-corrected chi connectivity index (χ1v) is 22.6. The van der Waals surface area contributed by atoms with Gasteiger partial charge < -0.3 is 31.1 Å². The van der Waals surface area contributed by atoms with Gasteiger partial charge in [0.2, 0.25) is 11.8 Å². The number of rotatable bonds is 8. The summed E-state index contributed by atoms with van der Waals surface area (Å²) in [6.45, 7) is 9.37. The Hall–Kier alpha value is -6.43. The zero-order chi connectivity index (χ0) is 39.1. The van der Waals surface area contributed by atoms with Gasteiger partial charge in [-0.05, 0) is 93.5 Å². The Morgan fingerprint density at radius 1 is 0.877 bits per heavy atom. The topological polar surface area (TPSA) is 162 Å². The maximum absolute atomic E-state index is 14.3. The summed E-state index contributed by atoms with van der Waals surface area (Å²) in [5.74, 6) is -0.0960. The Balaban J connectivity index is 0.973. The van der Waals surface area contributed by atoms with Gasteiger partial charge in [-0.15, -0.1) is 0 Å². The van der Waals surface area contributed by atoms with Crippen molar-refractivity contribution in [2.24, 2.45) is 4.99 Å². The lowest BCUT2D eigenvalue weighted by Gasteiger charge is -2.44. The van der Waals surface area contributed by atoms with E-state index < -0.39 is 13.5 Å². The maximum Gasteiger partial charge on any atom is 0.358 e. The fourth-order valence-electron chi connectivity index (χ4n) is 9.15. The summed E-state index contributed by atoms with van der Waals surface area (Å²) in [6, 6.07) is 26.2. The Morgan fingerprint density at radius 2 is 1.53 bits per heavy atom. The molecule has 4 aliphatic heterocycles. The van der Waals surface area contributed by atoms with Crippen LogP contribution in [0.15, 0.2) is 83.9 Å². The zero-order valence-electron chi connectivity index (χ0n) is 31.9. The summed E-state index contributed by atoms with van der Waals surface area (Å²) in [7, 11) is -2.37. The standard InChI is InChI=1S/C44H41N9O3Si/c1-57(2)36-22-29(52-17-3-18-52)10-13-32(36)44(33-14-11-30(23-37(33)57)53-19-4-20-53)34-21-28(9-12-31(34)39(54)40(44)51-46)41(55)48-24-26-5-7-27(8-6-26)25-56-42-38-35(15-16-47-38)49-43(45)50-42/h5-14,16,21-23H,3-4,15,17-20,24-25H2,1-2H3,(H,48,55)(H2,45,49,50). The second kappa shape index (κ2) is 13.1. The van der Waals surface area contributed by atoms with Gasteiger partial charge in [0, 0.05) is 67.9 Å². The minimum Gasteiger partial charge on any atom is -0.471 e. The van der Waals surface area contributed by atoms with Gasteiger partial charge in [0.1, 0.15) is 20.4 Å². The predicted octanol–water partition coefficient (Wildman–Crippen LogP) is 4.58. The Labute approximate surface area is 331 Å². The van der Waals surface area contributed by atoms with Gasteiger partial charge in [0.25, 0.3) is 11.7 Å². The Bertz CT molecular complexity index is 2560. The van der Waals surface area contributed by atoms with Crippen molar-refractivity contribution in [1.82, 2.24) is 15.3 Å². The van der Waals surface area contributed by atoms with Crippen LogP contribution in [0.3, 0.4) is 0 Å². The number of carbonyl (C=O) groups excluding carboxylic acids is 2. The molecule has 13 heteroatoms. The summed E-state index contributed by atoms with van der Waals surface area (Å²) in [6.07, 6.45) is 4.69. The third kappa shape index (κ3) is 5.37. The van der Waals surface area contributed by atoms with Crippen molar-refractivity contribution in [3.63, 3.8) is 0 Å². The molecule has 0 bridgehead atoms. The number of hydrogen-bond acceptors (Lipinski definition) is 9. The van der Waals surface area contributed by atoms with Gasteiger partial charge in [-0.1, -0.05) is 49.5 Å². The van der Waals surface area contributed by atoms with E-state index in [9.17, 15) is 15.1 Å². The van der Waals surface area contributed by atoms with Crippen LogP contribution in [0.2, 0.25) is 13.1 Å². The highest BCUT2D eigenvalue weighted by atomic mass is 28.3. The van der Waals surface area contributed by atoms with Crippen LogP contribution in [0.5, 0.6) is 5.88 Å². The molecule has 12 nitrogen and oxygen atoms in total. The van der Waals surface area contributed by atoms with Gasteiger partial charge in [0.15, 0.2) is 5.41 Å². The normalized spacial score (nSPS) is 17.6.